The predicted octanol–water partition coefficient (Wildman–Crippen LogP) is -2.70. The minimum absolute atomic E-state index is 0.00728. The van der Waals surface area contributed by atoms with E-state index in [-0.39, 0.29) is 12.8 Å². The van der Waals surface area contributed by atoms with Crippen LogP contribution in [0.4, 0.5) is 0 Å². The quantitative estimate of drug-likeness (QED) is 0.0484. The number of aliphatic hydroxyl groups is 1. The van der Waals surface area contributed by atoms with Crippen LogP contribution in [0.5, 0.6) is 0 Å². The molecule has 1 heterocycles. The summed E-state index contributed by atoms with van der Waals surface area (Å²) in [6.07, 6.45) is -1.04. The summed E-state index contributed by atoms with van der Waals surface area (Å²) in [5.74, 6) is -10.6. The van der Waals surface area contributed by atoms with Gasteiger partial charge in [-0.15, -0.1) is 0 Å². The highest BCUT2D eigenvalue weighted by atomic mass is 16.4. The van der Waals surface area contributed by atoms with E-state index < -0.39 is 133 Å². The smallest absolute Gasteiger partial charge is 0.326 e. The minimum atomic E-state index is -1.86. The number of nitrogens with two attached hydrogens (primary N) is 1. The van der Waals surface area contributed by atoms with Gasteiger partial charge < -0.3 is 63.0 Å². The van der Waals surface area contributed by atoms with Gasteiger partial charge in [0, 0.05) is 37.6 Å². The molecule has 13 N–H and O–H groups in total. The topological polar surface area (TPSA) is 361 Å². The van der Waals surface area contributed by atoms with Gasteiger partial charge in [0.05, 0.1) is 18.5 Å². The Balaban J connectivity index is 2.23. The average molecular weight is 832 g/mol. The lowest BCUT2D eigenvalue weighted by molar-refractivity contribution is -0.144. The van der Waals surface area contributed by atoms with E-state index >= 15 is 0 Å². The number of rotatable bonds is 25. The van der Waals surface area contributed by atoms with E-state index in [4.69, 9.17) is 5.73 Å². The third-order valence-corrected chi connectivity index (χ3v) is 8.85. The molecule has 324 valence electrons. The molecule has 2 rings (SSSR count). The summed E-state index contributed by atoms with van der Waals surface area (Å²) >= 11 is 0. The van der Waals surface area contributed by atoms with Crippen LogP contribution in [-0.2, 0) is 56.0 Å². The number of carboxylic acid groups (broad SMARTS) is 3. The van der Waals surface area contributed by atoms with E-state index in [1.807, 2.05) is 0 Å². The van der Waals surface area contributed by atoms with E-state index in [1.165, 1.54) is 33.3 Å². The third kappa shape index (κ3) is 16.9. The van der Waals surface area contributed by atoms with Crippen LogP contribution in [0.25, 0.3) is 0 Å². The van der Waals surface area contributed by atoms with E-state index in [9.17, 15) is 63.6 Å². The molecular formula is C37H53N9O13. The Morgan fingerprint density at radius 1 is 0.644 bits per heavy atom. The minimum Gasteiger partial charge on any atom is -0.481 e. The van der Waals surface area contributed by atoms with Gasteiger partial charge in [0.25, 0.3) is 0 Å². The lowest BCUT2D eigenvalue weighted by Gasteiger charge is -2.28. The number of nitrogens with one attached hydrogen (secondary N) is 7. The van der Waals surface area contributed by atoms with Gasteiger partial charge in [-0.2, -0.15) is 0 Å². The Morgan fingerprint density at radius 3 is 1.63 bits per heavy atom. The summed E-state index contributed by atoms with van der Waals surface area (Å²) in [6.45, 7) is 5.35. The summed E-state index contributed by atoms with van der Waals surface area (Å²) in [6, 6.07) is -1.64. The lowest BCUT2D eigenvalue weighted by atomic mass is 10.0. The number of imidazole rings is 1. The Labute approximate surface area is 338 Å². The van der Waals surface area contributed by atoms with Gasteiger partial charge in [-0.05, 0) is 38.2 Å². The van der Waals surface area contributed by atoms with Crippen molar-refractivity contribution in [2.75, 3.05) is 0 Å². The number of benzene rings is 1. The van der Waals surface area contributed by atoms with Crippen molar-refractivity contribution < 1.29 is 63.6 Å². The van der Waals surface area contributed by atoms with Crippen LogP contribution in [0, 0.1) is 5.92 Å². The Hall–Kier alpha value is -6.42. The second kappa shape index (κ2) is 23.7. The molecule has 8 atom stereocenters. The number of nitrogens with zero attached hydrogens (tertiary/aromatic N) is 1. The van der Waals surface area contributed by atoms with Crippen molar-refractivity contribution in [2.45, 2.75) is 115 Å². The number of aromatic nitrogens is 2. The number of aromatic amines is 1. The molecular weight excluding hydrogens is 778 g/mol. The number of amides is 6. The van der Waals surface area contributed by atoms with E-state index in [0.717, 1.165) is 6.92 Å². The fraction of sp³-hybridized carbons (Fsp3) is 0.514. The zero-order valence-electron chi connectivity index (χ0n) is 33.0. The predicted molar refractivity (Wildman–Crippen MR) is 206 cm³/mol. The molecule has 6 amide bonds. The van der Waals surface area contributed by atoms with Gasteiger partial charge >= 0.3 is 17.9 Å². The zero-order chi connectivity index (χ0) is 44.4. The maximum atomic E-state index is 13.5. The number of aliphatic hydroxyl groups excluding tert-OH is 1. The van der Waals surface area contributed by atoms with Gasteiger partial charge in [0.2, 0.25) is 35.4 Å². The molecule has 22 nitrogen and oxygen atoms in total. The van der Waals surface area contributed by atoms with Crippen molar-refractivity contribution in [1.82, 2.24) is 41.9 Å². The Morgan fingerprint density at radius 2 is 1.15 bits per heavy atom. The third-order valence-electron chi connectivity index (χ3n) is 8.85. The number of carbonyl (C=O) groups excluding carboxylic acids is 6. The average Bonchev–Trinajstić information content (AvgIpc) is 3.68. The molecule has 0 radical (unpaired) electrons. The Bertz CT molecular complexity index is 1770. The molecule has 0 fully saturated rings. The summed E-state index contributed by atoms with van der Waals surface area (Å²) in [5.41, 5.74) is 7.30. The van der Waals surface area contributed by atoms with Gasteiger partial charge in [-0.3, -0.25) is 38.4 Å². The van der Waals surface area contributed by atoms with Crippen molar-refractivity contribution in [2.24, 2.45) is 11.7 Å². The van der Waals surface area contributed by atoms with Crippen molar-refractivity contribution in [3.05, 3.63) is 54.1 Å². The summed E-state index contributed by atoms with van der Waals surface area (Å²) in [4.78, 5) is 121. The van der Waals surface area contributed by atoms with Crippen LogP contribution in [0.15, 0.2) is 42.9 Å². The van der Waals surface area contributed by atoms with Crippen LogP contribution in [-0.4, -0.2) is 132 Å². The van der Waals surface area contributed by atoms with Crippen LogP contribution in [0.2, 0.25) is 0 Å². The highest BCUT2D eigenvalue weighted by Gasteiger charge is 2.35. The molecule has 0 aliphatic rings. The number of hydrogen-bond acceptors (Lipinski definition) is 12. The normalized spacial score (nSPS) is 15.1. The lowest BCUT2D eigenvalue weighted by Crippen LogP contribution is -2.61. The van der Waals surface area contributed by atoms with Crippen LogP contribution >= 0.6 is 0 Å². The first kappa shape index (κ1) is 48.7. The van der Waals surface area contributed by atoms with E-state index in [0.29, 0.717) is 11.3 Å². The standard InChI is InChI=1S/C37H53N9O13/c1-18(2)29(37(58)59)45-33(54)25(11-13-28(50)51)43-36(57)30(20(4)47)46-34(55)24(10-12-27(48)49)42-31(52)19(3)41-35(56)26(14-21-8-6-5-7-9-21)44-32(53)23(38)15-22-16-39-17-40-22/h5-9,16-20,23-26,29-30,47H,10-15,38H2,1-4H3,(H,39,40)(H,41,56)(H,42,52)(H,43,57)(H,44,53)(H,45,54)(H,46,55)(H,48,49)(H,50,51)(H,58,59)/t19-,20+,23-,24-,25-,26-,29-,30-/m0/s1. The second-order valence-corrected chi connectivity index (χ2v) is 14.2. The van der Waals surface area contributed by atoms with E-state index in [2.05, 4.69) is 41.9 Å². The summed E-state index contributed by atoms with van der Waals surface area (Å²) < 4.78 is 0. The molecule has 0 spiro atoms. The molecule has 0 aliphatic carbocycles. The molecule has 2 aromatic rings. The zero-order valence-corrected chi connectivity index (χ0v) is 33.0. The van der Waals surface area contributed by atoms with Crippen molar-refractivity contribution >= 4 is 53.4 Å². The highest BCUT2D eigenvalue weighted by molar-refractivity contribution is 5.97. The molecule has 0 bridgehead atoms. The summed E-state index contributed by atoms with van der Waals surface area (Å²) in [5, 5.41) is 52.5. The van der Waals surface area contributed by atoms with Gasteiger partial charge in [0.1, 0.15) is 36.3 Å². The fourth-order valence-corrected chi connectivity index (χ4v) is 5.50. The van der Waals surface area contributed by atoms with Gasteiger partial charge in [-0.25, -0.2) is 9.78 Å². The maximum absolute atomic E-state index is 13.5. The molecule has 0 saturated carbocycles. The van der Waals surface area contributed by atoms with Crippen molar-refractivity contribution in [1.29, 1.82) is 0 Å². The fourth-order valence-electron chi connectivity index (χ4n) is 5.50. The number of carboxylic acids is 3. The first-order valence-corrected chi connectivity index (χ1v) is 18.6. The SMILES string of the molecule is CC(C)[C@H](NC(=O)[C@H](CCC(=O)O)NC(=O)[C@@H](NC(=O)[C@H](CCC(=O)O)NC(=O)[C@H](C)NC(=O)[C@H](Cc1ccccc1)NC(=O)[C@@H](N)Cc1cnc[nH]1)[C@@H](C)O)C(=O)O. The second-order valence-electron chi connectivity index (χ2n) is 14.2. The van der Waals surface area contributed by atoms with Crippen LogP contribution < -0.4 is 37.6 Å². The van der Waals surface area contributed by atoms with Gasteiger partial charge in [0.15, 0.2) is 0 Å². The monoisotopic (exact) mass is 831 g/mol. The highest BCUT2D eigenvalue weighted by Crippen LogP contribution is 2.09. The molecule has 59 heavy (non-hydrogen) atoms. The number of H-pyrrole nitrogens is 1. The van der Waals surface area contributed by atoms with Crippen molar-refractivity contribution in [3.63, 3.8) is 0 Å². The number of aliphatic carboxylic acids is 3. The van der Waals surface area contributed by atoms with Crippen LogP contribution in [0.1, 0.15) is 64.6 Å². The molecule has 22 heteroatoms. The molecule has 0 aliphatic heterocycles. The van der Waals surface area contributed by atoms with E-state index in [1.54, 1.807) is 30.3 Å². The Kier molecular flexibility index (Phi) is 19.6. The van der Waals surface area contributed by atoms with Gasteiger partial charge in [-0.1, -0.05) is 44.2 Å². The molecule has 0 unspecified atom stereocenters. The summed E-state index contributed by atoms with van der Waals surface area (Å²) in [7, 11) is 0. The first-order chi connectivity index (χ1) is 27.7. The molecule has 1 aromatic heterocycles. The molecule has 0 saturated heterocycles. The van der Waals surface area contributed by atoms with Crippen LogP contribution in [0.3, 0.4) is 0 Å². The number of carbonyl (C=O) groups is 9. The number of hydrogen-bond donors (Lipinski definition) is 12. The first-order valence-electron chi connectivity index (χ1n) is 18.6. The van der Waals surface area contributed by atoms with Crippen molar-refractivity contribution in [3.8, 4) is 0 Å². The largest absolute Gasteiger partial charge is 0.481 e. The maximum Gasteiger partial charge on any atom is 0.326 e. The molecule has 1 aromatic carbocycles.